The predicted molar refractivity (Wildman–Crippen MR) is 114 cm³/mol. The molecule has 0 aliphatic carbocycles. The summed E-state index contributed by atoms with van der Waals surface area (Å²) in [5.41, 5.74) is 1.16. The van der Waals surface area contributed by atoms with Gasteiger partial charge < -0.3 is 20.3 Å². The van der Waals surface area contributed by atoms with Gasteiger partial charge in [0.25, 0.3) is 0 Å². The Bertz CT molecular complexity index is 1030. The number of fused-ring (bicyclic) bond motifs is 1. The summed E-state index contributed by atoms with van der Waals surface area (Å²) in [5.74, 6) is 0.816. The molecule has 4 N–H and O–H groups in total. The summed E-state index contributed by atoms with van der Waals surface area (Å²) in [4.78, 5) is 15.0. The Morgan fingerprint density at radius 3 is 2.47 bits per heavy atom. The van der Waals surface area contributed by atoms with Crippen LogP contribution in [0.25, 0.3) is 0 Å². The second kappa shape index (κ2) is 7.90. The number of primary sulfonamides is 1. The molecule has 2 amide bonds. The lowest BCUT2D eigenvalue weighted by molar-refractivity contribution is -0.0188. The minimum Gasteiger partial charge on any atom is -0.487 e. The number of nitrogens with zero attached hydrogens (tertiary/aromatic N) is 1. The molecule has 8 nitrogen and oxygen atoms in total. The first kappa shape index (κ1) is 20.6. The maximum Gasteiger partial charge on any atom is 0.319 e. The van der Waals surface area contributed by atoms with E-state index in [9.17, 15) is 13.2 Å². The fourth-order valence-corrected chi connectivity index (χ4v) is 4.65. The van der Waals surface area contributed by atoms with Gasteiger partial charge in [-0.2, -0.15) is 0 Å². The minimum atomic E-state index is -3.77. The van der Waals surface area contributed by atoms with Gasteiger partial charge in [0.1, 0.15) is 11.4 Å². The van der Waals surface area contributed by atoms with Gasteiger partial charge >= 0.3 is 6.03 Å². The van der Waals surface area contributed by atoms with Crippen molar-refractivity contribution in [3.05, 3.63) is 54.1 Å². The zero-order valence-corrected chi connectivity index (χ0v) is 17.6. The van der Waals surface area contributed by atoms with E-state index in [2.05, 4.69) is 22.6 Å². The van der Waals surface area contributed by atoms with E-state index >= 15 is 0 Å². The van der Waals surface area contributed by atoms with Gasteiger partial charge in [0.2, 0.25) is 10.0 Å². The monoisotopic (exact) mass is 430 g/mol. The zero-order valence-electron chi connectivity index (χ0n) is 16.8. The van der Waals surface area contributed by atoms with Crippen molar-refractivity contribution in [2.45, 2.75) is 35.8 Å². The van der Waals surface area contributed by atoms with Gasteiger partial charge in [0, 0.05) is 30.8 Å². The van der Waals surface area contributed by atoms with Crippen molar-refractivity contribution >= 4 is 21.7 Å². The van der Waals surface area contributed by atoms with Gasteiger partial charge in [-0.3, -0.25) is 0 Å². The normalized spacial score (nSPS) is 20.8. The Balaban J connectivity index is 1.49. The number of amides is 2. The first-order chi connectivity index (χ1) is 14.2. The Hall–Kier alpha value is -2.62. The smallest absolute Gasteiger partial charge is 0.319 e. The first-order valence-electron chi connectivity index (χ1n) is 9.91. The number of hydrogen-bond donors (Lipinski definition) is 3. The number of rotatable bonds is 3. The second-order valence-corrected chi connectivity index (χ2v) is 9.61. The number of hydrogen-bond acceptors (Lipinski definition) is 5. The molecule has 0 aromatic heterocycles. The Labute approximate surface area is 176 Å². The minimum absolute atomic E-state index is 0.00368. The van der Waals surface area contributed by atoms with E-state index in [1.165, 1.54) is 24.3 Å². The number of piperidine rings is 1. The van der Waals surface area contributed by atoms with E-state index in [4.69, 9.17) is 9.88 Å². The van der Waals surface area contributed by atoms with Crippen LogP contribution in [-0.2, 0) is 10.0 Å². The Morgan fingerprint density at radius 1 is 1.13 bits per heavy atom. The third-order valence-electron chi connectivity index (χ3n) is 5.84. The molecule has 9 heteroatoms. The summed E-state index contributed by atoms with van der Waals surface area (Å²) in [6.07, 6.45) is 2.52. The highest BCUT2D eigenvalue weighted by Crippen LogP contribution is 2.44. The lowest BCUT2D eigenvalue weighted by atomic mass is 9.80. The fourth-order valence-electron chi connectivity index (χ4n) is 4.13. The van der Waals surface area contributed by atoms with Gasteiger partial charge in [-0.15, -0.1) is 0 Å². The van der Waals surface area contributed by atoms with Crippen LogP contribution in [0.5, 0.6) is 5.75 Å². The van der Waals surface area contributed by atoms with Crippen LogP contribution < -0.4 is 20.5 Å². The number of urea groups is 1. The average Bonchev–Trinajstić information content (AvgIpc) is 2.70. The topological polar surface area (TPSA) is 114 Å². The molecule has 1 spiro atoms. The third kappa shape index (κ3) is 4.43. The van der Waals surface area contributed by atoms with Gasteiger partial charge in [-0.1, -0.05) is 18.2 Å². The van der Waals surface area contributed by atoms with Crippen molar-refractivity contribution in [3.8, 4) is 5.75 Å². The zero-order chi connectivity index (χ0) is 21.4. The number of para-hydroxylation sites is 1. The predicted octanol–water partition coefficient (Wildman–Crippen LogP) is 2.44. The summed E-state index contributed by atoms with van der Waals surface area (Å²) in [7, 11) is -1.66. The maximum absolute atomic E-state index is 12.7. The number of anilines is 1. The molecule has 2 aliphatic heterocycles. The number of likely N-dealkylation sites (tertiary alicyclic amines) is 1. The van der Waals surface area contributed by atoms with Crippen LogP contribution in [0, 0.1) is 0 Å². The third-order valence-corrected chi connectivity index (χ3v) is 6.77. The molecular formula is C21H26N4O4S. The van der Waals surface area contributed by atoms with Crippen LogP contribution in [0.3, 0.4) is 0 Å². The van der Waals surface area contributed by atoms with Gasteiger partial charge in [-0.05, 0) is 50.2 Å². The number of nitrogens with one attached hydrogen (secondary N) is 2. The van der Waals surface area contributed by atoms with Crippen LogP contribution in [0.4, 0.5) is 10.5 Å². The maximum atomic E-state index is 12.7. The van der Waals surface area contributed by atoms with Crippen molar-refractivity contribution in [1.29, 1.82) is 0 Å². The average molecular weight is 431 g/mol. The number of benzene rings is 2. The number of nitrogens with two attached hydrogens (primary N) is 1. The highest BCUT2D eigenvalue weighted by Gasteiger charge is 2.43. The van der Waals surface area contributed by atoms with Crippen LogP contribution in [0.1, 0.15) is 30.9 Å². The molecule has 0 saturated carbocycles. The summed E-state index contributed by atoms with van der Waals surface area (Å²) >= 11 is 0. The van der Waals surface area contributed by atoms with Crippen LogP contribution in [0.15, 0.2) is 53.4 Å². The SMILES string of the molecule is CN1CCC2(CC1)C[C@@H](NC(=O)Nc1ccc(S(N)(=O)=O)cc1)c1ccccc1O2. The van der Waals surface area contributed by atoms with Crippen LogP contribution in [-0.4, -0.2) is 45.1 Å². The Morgan fingerprint density at radius 2 is 1.80 bits per heavy atom. The van der Waals surface area contributed by atoms with E-state index in [0.29, 0.717) is 12.1 Å². The molecule has 2 aromatic carbocycles. The number of carbonyl (C=O) groups is 1. The summed E-state index contributed by atoms with van der Waals surface area (Å²) in [6, 6.07) is 13.0. The van der Waals surface area contributed by atoms with Crippen molar-refractivity contribution in [1.82, 2.24) is 10.2 Å². The molecule has 160 valence electrons. The molecule has 2 aliphatic rings. The molecule has 2 heterocycles. The van der Waals surface area contributed by atoms with E-state index in [0.717, 1.165) is 37.2 Å². The van der Waals surface area contributed by atoms with Crippen molar-refractivity contribution in [2.75, 3.05) is 25.5 Å². The largest absolute Gasteiger partial charge is 0.487 e. The number of carbonyl (C=O) groups excluding carboxylic acids is 1. The summed E-state index contributed by atoms with van der Waals surface area (Å²) < 4.78 is 29.2. The van der Waals surface area contributed by atoms with Crippen molar-refractivity contribution in [3.63, 3.8) is 0 Å². The van der Waals surface area contributed by atoms with Crippen LogP contribution in [0.2, 0.25) is 0 Å². The van der Waals surface area contributed by atoms with Crippen LogP contribution >= 0.6 is 0 Å². The molecule has 4 rings (SSSR count). The summed E-state index contributed by atoms with van der Waals surface area (Å²) in [5, 5.41) is 10.9. The molecule has 1 fully saturated rings. The fraction of sp³-hybridized carbons (Fsp3) is 0.381. The van der Waals surface area contributed by atoms with E-state index in [1.54, 1.807) is 0 Å². The second-order valence-electron chi connectivity index (χ2n) is 8.05. The number of sulfonamides is 1. The quantitative estimate of drug-likeness (QED) is 0.692. The molecule has 30 heavy (non-hydrogen) atoms. The highest BCUT2D eigenvalue weighted by atomic mass is 32.2. The number of ether oxygens (including phenoxy) is 1. The molecule has 2 aromatic rings. The molecule has 1 saturated heterocycles. The Kier molecular flexibility index (Phi) is 5.44. The van der Waals surface area contributed by atoms with E-state index in [1.807, 2.05) is 24.3 Å². The van der Waals surface area contributed by atoms with Gasteiger partial charge in [-0.25, -0.2) is 18.4 Å². The van der Waals surface area contributed by atoms with Crippen molar-refractivity contribution < 1.29 is 17.9 Å². The molecule has 0 bridgehead atoms. The standard InChI is InChI=1S/C21H26N4O4S/c1-25-12-10-21(11-13-25)14-18(17-4-2-3-5-19(17)29-21)24-20(26)23-15-6-8-16(9-7-15)30(22,27)28/h2-9,18H,10-14H2,1H3,(H2,22,27,28)(H2,23,24,26)/t18-/m1/s1. The molecule has 0 unspecified atom stereocenters. The van der Waals surface area contributed by atoms with E-state index < -0.39 is 10.0 Å². The van der Waals surface area contributed by atoms with Gasteiger partial charge in [0.15, 0.2) is 0 Å². The van der Waals surface area contributed by atoms with Crippen molar-refractivity contribution in [2.24, 2.45) is 5.14 Å². The molecule has 1 atom stereocenters. The lowest BCUT2D eigenvalue weighted by Crippen LogP contribution is -2.51. The van der Waals surface area contributed by atoms with E-state index in [-0.39, 0.29) is 22.6 Å². The highest BCUT2D eigenvalue weighted by molar-refractivity contribution is 7.89. The lowest BCUT2D eigenvalue weighted by Gasteiger charge is -2.46. The molecular weight excluding hydrogens is 404 g/mol. The first-order valence-corrected chi connectivity index (χ1v) is 11.5. The van der Waals surface area contributed by atoms with Gasteiger partial charge in [0.05, 0.1) is 10.9 Å². The molecule has 0 radical (unpaired) electrons. The summed E-state index contributed by atoms with van der Waals surface area (Å²) in [6.45, 7) is 1.91.